The lowest BCUT2D eigenvalue weighted by molar-refractivity contribution is 0.887. The molecule has 60 valence electrons. The smallest absolute Gasteiger partial charge is 0.0728 e. The van der Waals surface area contributed by atoms with Gasteiger partial charge in [0.05, 0.1) is 17.6 Å². The molecule has 0 radical (unpaired) electrons. The number of hydrogen-bond donors (Lipinski definition) is 1. The summed E-state index contributed by atoms with van der Waals surface area (Å²) in [5.41, 5.74) is 1.98. The van der Waals surface area contributed by atoms with Crippen LogP contribution in [0.5, 0.6) is 0 Å². The van der Waals surface area contributed by atoms with Gasteiger partial charge >= 0.3 is 0 Å². The fraction of sp³-hybridized carbons (Fsp3) is 0.500. The summed E-state index contributed by atoms with van der Waals surface area (Å²) < 4.78 is 0. The van der Waals surface area contributed by atoms with Crippen LogP contribution in [-0.2, 0) is 0 Å². The molecule has 0 unspecified atom stereocenters. The van der Waals surface area contributed by atoms with Gasteiger partial charge < -0.3 is 5.32 Å². The Labute approximate surface area is 66.8 Å². The second-order valence-electron chi connectivity index (χ2n) is 2.88. The van der Waals surface area contributed by atoms with Crippen molar-refractivity contribution in [1.82, 2.24) is 10.2 Å². The third-order valence-electron chi connectivity index (χ3n) is 1.23. The summed E-state index contributed by atoms with van der Waals surface area (Å²) >= 11 is 0. The fourth-order valence-corrected chi connectivity index (χ4v) is 0.886. The highest BCUT2D eigenvalue weighted by Gasteiger charge is 1.95. The molecule has 0 aliphatic carbocycles. The van der Waals surface area contributed by atoms with Crippen molar-refractivity contribution in [1.29, 1.82) is 0 Å². The van der Waals surface area contributed by atoms with Crippen molar-refractivity contribution in [2.75, 3.05) is 5.32 Å². The zero-order valence-electron chi connectivity index (χ0n) is 7.13. The minimum atomic E-state index is 0.443. The molecule has 1 aromatic heterocycles. The predicted molar refractivity (Wildman–Crippen MR) is 45.5 cm³/mol. The molecule has 1 rings (SSSR count). The molecule has 11 heavy (non-hydrogen) atoms. The van der Waals surface area contributed by atoms with Gasteiger partial charge in [0.15, 0.2) is 0 Å². The van der Waals surface area contributed by atoms with E-state index in [9.17, 15) is 0 Å². The van der Waals surface area contributed by atoms with Crippen molar-refractivity contribution in [3.63, 3.8) is 0 Å². The maximum absolute atomic E-state index is 3.86. The van der Waals surface area contributed by atoms with Gasteiger partial charge in [-0.1, -0.05) is 0 Å². The van der Waals surface area contributed by atoms with Gasteiger partial charge in [0.1, 0.15) is 0 Å². The Morgan fingerprint density at radius 3 is 2.73 bits per heavy atom. The van der Waals surface area contributed by atoms with Crippen molar-refractivity contribution >= 4 is 5.69 Å². The predicted octanol–water partition coefficient (Wildman–Crippen LogP) is 1.61. The number of rotatable bonds is 2. The Balaban J connectivity index is 2.71. The quantitative estimate of drug-likeness (QED) is 0.697. The average Bonchev–Trinajstić information content (AvgIpc) is 1.85. The highest BCUT2D eigenvalue weighted by Crippen LogP contribution is 2.05. The molecule has 0 saturated heterocycles. The van der Waals surface area contributed by atoms with Gasteiger partial charge in [0.25, 0.3) is 0 Å². The van der Waals surface area contributed by atoms with Crippen molar-refractivity contribution in [2.24, 2.45) is 0 Å². The first-order chi connectivity index (χ1) is 5.18. The molecule has 0 fully saturated rings. The van der Waals surface area contributed by atoms with Gasteiger partial charge in [-0.15, -0.1) is 0 Å². The minimum Gasteiger partial charge on any atom is -0.382 e. The van der Waals surface area contributed by atoms with Gasteiger partial charge in [-0.2, -0.15) is 10.2 Å². The summed E-state index contributed by atoms with van der Waals surface area (Å²) in [6.07, 6.45) is 1.73. The lowest BCUT2D eigenvalue weighted by atomic mass is 10.3. The van der Waals surface area contributed by atoms with Crippen molar-refractivity contribution in [3.8, 4) is 0 Å². The van der Waals surface area contributed by atoms with Crippen LogP contribution in [0, 0.1) is 6.92 Å². The Morgan fingerprint density at radius 2 is 2.18 bits per heavy atom. The van der Waals surface area contributed by atoms with Crippen LogP contribution in [0.25, 0.3) is 0 Å². The Morgan fingerprint density at radius 1 is 1.45 bits per heavy atom. The maximum Gasteiger partial charge on any atom is 0.0728 e. The SMILES string of the molecule is Cc1cc(NC(C)C)cnn1. The van der Waals surface area contributed by atoms with E-state index in [1.807, 2.05) is 13.0 Å². The van der Waals surface area contributed by atoms with E-state index in [1.54, 1.807) is 6.20 Å². The molecular weight excluding hydrogens is 138 g/mol. The molecule has 0 spiro atoms. The number of nitrogens with zero attached hydrogens (tertiary/aromatic N) is 2. The van der Waals surface area contributed by atoms with Crippen molar-refractivity contribution in [2.45, 2.75) is 26.8 Å². The molecule has 1 heterocycles. The van der Waals surface area contributed by atoms with Crippen LogP contribution in [0.2, 0.25) is 0 Å². The average molecular weight is 151 g/mol. The second kappa shape index (κ2) is 3.32. The van der Waals surface area contributed by atoms with Gasteiger partial charge in [-0.25, -0.2) is 0 Å². The first-order valence-corrected chi connectivity index (χ1v) is 3.74. The summed E-state index contributed by atoms with van der Waals surface area (Å²) in [5.74, 6) is 0. The Kier molecular flexibility index (Phi) is 2.41. The van der Waals surface area contributed by atoms with Crippen molar-refractivity contribution < 1.29 is 0 Å². The van der Waals surface area contributed by atoms with E-state index in [0.29, 0.717) is 6.04 Å². The number of anilines is 1. The lowest BCUT2D eigenvalue weighted by Crippen LogP contribution is -2.10. The van der Waals surface area contributed by atoms with Crippen LogP contribution < -0.4 is 5.32 Å². The molecule has 0 aliphatic rings. The minimum absolute atomic E-state index is 0.443. The van der Waals surface area contributed by atoms with Gasteiger partial charge in [0.2, 0.25) is 0 Å². The first-order valence-electron chi connectivity index (χ1n) is 3.74. The fourth-order valence-electron chi connectivity index (χ4n) is 0.886. The van der Waals surface area contributed by atoms with Gasteiger partial charge in [-0.05, 0) is 26.8 Å². The van der Waals surface area contributed by atoms with E-state index in [-0.39, 0.29) is 0 Å². The molecule has 0 aromatic carbocycles. The molecule has 0 amide bonds. The van der Waals surface area contributed by atoms with Crippen LogP contribution in [-0.4, -0.2) is 16.2 Å². The highest BCUT2D eigenvalue weighted by molar-refractivity contribution is 5.41. The maximum atomic E-state index is 3.86. The number of aromatic nitrogens is 2. The molecule has 0 bridgehead atoms. The van der Waals surface area contributed by atoms with E-state index in [1.165, 1.54) is 0 Å². The molecule has 1 N–H and O–H groups in total. The first kappa shape index (κ1) is 7.98. The van der Waals surface area contributed by atoms with E-state index < -0.39 is 0 Å². The third kappa shape index (κ3) is 2.53. The topological polar surface area (TPSA) is 37.8 Å². The van der Waals surface area contributed by atoms with Crippen LogP contribution in [0.15, 0.2) is 12.3 Å². The van der Waals surface area contributed by atoms with Gasteiger partial charge in [-0.3, -0.25) is 0 Å². The molecule has 3 heteroatoms. The summed E-state index contributed by atoms with van der Waals surface area (Å²) in [5, 5.41) is 10.9. The normalized spacial score (nSPS) is 10.2. The van der Waals surface area contributed by atoms with Crippen LogP contribution >= 0.6 is 0 Å². The largest absolute Gasteiger partial charge is 0.382 e. The van der Waals surface area contributed by atoms with Crippen LogP contribution in [0.4, 0.5) is 5.69 Å². The zero-order chi connectivity index (χ0) is 8.27. The molecule has 3 nitrogen and oxygen atoms in total. The molecule has 0 aliphatic heterocycles. The molecular formula is C8H13N3. The Bertz CT molecular complexity index is 233. The third-order valence-corrected chi connectivity index (χ3v) is 1.23. The van der Waals surface area contributed by atoms with Crippen molar-refractivity contribution in [3.05, 3.63) is 18.0 Å². The van der Waals surface area contributed by atoms with E-state index in [0.717, 1.165) is 11.4 Å². The van der Waals surface area contributed by atoms with Gasteiger partial charge in [0, 0.05) is 6.04 Å². The molecule has 0 saturated carbocycles. The summed E-state index contributed by atoms with van der Waals surface area (Å²) in [4.78, 5) is 0. The Hall–Kier alpha value is -1.12. The highest BCUT2D eigenvalue weighted by atomic mass is 15.1. The number of nitrogens with one attached hydrogen (secondary N) is 1. The van der Waals surface area contributed by atoms with E-state index >= 15 is 0 Å². The number of aryl methyl sites for hydroxylation is 1. The van der Waals surface area contributed by atoms with E-state index in [4.69, 9.17) is 0 Å². The standard InChI is InChI=1S/C8H13N3/c1-6(2)10-8-4-7(3)11-9-5-8/h4-6H,1-3H3,(H,10,11). The summed E-state index contributed by atoms with van der Waals surface area (Å²) in [6.45, 7) is 6.12. The lowest BCUT2D eigenvalue weighted by Gasteiger charge is -2.08. The monoisotopic (exact) mass is 151 g/mol. The molecule has 1 aromatic rings. The number of hydrogen-bond acceptors (Lipinski definition) is 3. The second-order valence-corrected chi connectivity index (χ2v) is 2.88. The summed E-state index contributed by atoms with van der Waals surface area (Å²) in [6, 6.07) is 2.42. The van der Waals surface area contributed by atoms with Crippen LogP contribution in [0.3, 0.4) is 0 Å². The zero-order valence-corrected chi connectivity index (χ0v) is 7.13. The van der Waals surface area contributed by atoms with E-state index in [2.05, 4.69) is 29.4 Å². The van der Waals surface area contributed by atoms with Crippen LogP contribution in [0.1, 0.15) is 19.5 Å². The summed E-state index contributed by atoms with van der Waals surface area (Å²) in [7, 11) is 0. The molecule has 0 atom stereocenters.